The van der Waals surface area contributed by atoms with Crippen molar-refractivity contribution in [3.8, 4) is 11.5 Å². The fourth-order valence-corrected chi connectivity index (χ4v) is 17.4. The van der Waals surface area contributed by atoms with E-state index in [0.717, 1.165) is 63.8 Å². The van der Waals surface area contributed by atoms with Crippen LogP contribution in [0.4, 0.5) is 0 Å². The lowest BCUT2D eigenvalue weighted by molar-refractivity contribution is -0.182. The molecule has 7 saturated heterocycles. The van der Waals surface area contributed by atoms with E-state index in [-0.39, 0.29) is 74.2 Å². The number of esters is 5. The van der Waals surface area contributed by atoms with E-state index in [4.69, 9.17) is 66.3 Å². The Morgan fingerprint density at radius 1 is 0.417 bits per heavy atom. The number of unbranched alkanes of at least 4 members (excludes halogenated alkanes) is 1. The second kappa shape index (κ2) is 58.4. The monoisotopic (exact) mass is 1980 g/mol. The third-order valence-corrected chi connectivity index (χ3v) is 26.6. The lowest BCUT2D eigenvalue weighted by atomic mass is 9.74. The highest BCUT2D eigenvalue weighted by molar-refractivity contribution is 6.06. The zero-order valence-corrected chi connectivity index (χ0v) is 84.6. The number of rotatable bonds is 25. The molecule has 8 aromatic carbocycles. The first kappa shape index (κ1) is 115. The standard InChI is InChI=1S/C22H22O4.C20H26O4.C16H20O6.C16H20O4.C15H18O4.C15H20O3.C13H14O2/c1-22(21(24)25-2)19(23)15-18(17-11-7-4-8-12-17)26-20(22)14-13-16-9-5-3-6-10-16;1-4-5-11-16-14-17(21)20(2,19(22)23-3)18(24-16)13-12-15-9-7-6-8-10-15;1-9-12(19-2)7-10(8-13(9)20-3)15-14(16(18)21-4)11(17)5-6-22-15;1-16(15(18)19-2)13(17)10-11-20-14(16)9-8-12-6-4-3-5-7-12;1-18-15(17)14-12(16)9-10-19-13(14)8-7-11-5-3-2-4-6-11;1-15(11-16)13(17)9-10-18-14(15)8-7-12-5-3-2-4-6-12;14-12-8-9-15-13(10-12)7-6-11-4-2-1-3-5-11/h3-14,18,20H,15H2,1-2H3;6-10,12-13,16,18H,4-5,11,14H2,1-3H3;7-8,14-15H,5-6H2,1-4H3;3-9,13-14,17H,10-11H2,1-2H3;2-8,12-14,16H,9-10H2,1H3;2-8,13-14,16-17H,9-11H2,1H3;1-7,13H,8-10H2/b14-13+;13-12+;;9-8+;2*8-7+;7-6+/t18-,20+,22+;16-,18-,20-;14-,15+;13-,14+,16+;12-,13+,14-;13-,14-,15-;13-/m0100011/s1. The number of aliphatic hydroxyl groups excluding tert-OH is 4. The molecule has 770 valence electrons. The van der Waals surface area contributed by atoms with Gasteiger partial charge in [0.1, 0.15) is 40.6 Å². The van der Waals surface area contributed by atoms with Crippen molar-refractivity contribution < 1.29 is 130 Å². The third-order valence-electron chi connectivity index (χ3n) is 26.6. The Morgan fingerprint density at radius 2 is 0.826 bits per heavy atom. The van der Waals surface area contributed by atoms with Gasteiger partial charge < -0.3 is 86.7 Å². The van der Waals surface area contributed by atoms with Crippen LogP contribution in [0.3, 0.4) is 0 Å². The molecule has 0 bridgehead atoms. The number of hydrogen-bond acceptors (Lipinski definition) is 27. The molecule has 15 rings (SSSR count). The van der Waals surface area contributed by atoms with Crippen LogP contribution in [0, 0.1) is 40.4 Å². The van der Waals surface area contributed by atoms with Crippen LogP contribution >= 0.6 is 0 Å². The second-order valence-electron chi connectivity index (χ2n) is 36.4. The van der Waals surface area contributed by atoms with Gasteiger partial charge in [0.2, 0.25) is 0 Å². The zero-order valence-electron chi connectivity index (χ0n) is 84.6. The lowest BCUT2D eigenvalue weighted by Gasteiger charge is -2.42. The van der Waals surface area contributed by atoms with Gasteiger partial charge in [-0.3, -0.25) is 43.2 Å². The largest absolute Gasteiger partial charge is 0.496 e. The lowest BCUT2D eigenvalue weighted by Crippen LogP contribution is -2.53. The predicted octanol–water partition coefficient (Wildman–Crippen LogP) is 17.6. The van der Waals surface area contributed by atoms with Crippen LogP contribution in [0.25, 0.3) is 36.5 Å². The number of hydrogen-bond donors (Lipinski definition) is 4. The van der Waals surface area contributed by atoms with Crippen molar-refractivity contribution in [3.63, 3.8) is 0 Å². The average molecular weight is 1980 g/mol. The van der Waals surface area contributed by atoms with Crippen molar-refractivity contribution in [2.75, 3.05) is 89.4 Å². The minimum absolute atomic E-state index is 0.0357. The molecule has 4 N–H and O–H groups in total. The number of carbonyl (C=O) groups is 9. The van der Waals surface area contributed by atoms with Crippen LogP contribution in [0.2, 0.25) is 0 Å². The Labute approximate surface area is 845 Å². The summed E-state index contributed by atoms with van der Waals surface area (Å²) >= 11 is 0. The van der Waals surface area contributed by atoms with E-state index in [2.05, 4.69) is 6.92 Å². The SMILES string of the molecule is CCCC[C@@H]1CC(=O)[C@@](C)(C(=O)OC)[C@@H](/C=C/c2ccccc2)O1.COC(=O)[C@H]1C(=O)CCO[C@@H]1c1cc(OC)c(C)c(OC)c1.COC(=O)[C@H]1[C@@H](O)CCO[C@@H]1/C=C/c1ccccc1.COC(=O)[C@]1(C)C(=O)C[C@@H](c2ccccc2)O[C@@H]1/C=C/c1ccccc1.COC(=O)[C@]1(C)[C@@H](O)CCO[C@@H]1/C=C/c1ccccc1.C[C@@]1(CO)[C@H](O)CCO[C@@H]1/C=C/c1ccccc1.O=C1CCO[C@H](/C=C/c2ccccc2)C1. The summed E-state index contributed by atoms with van der Waals surface area (Å²) in [5.41, 5.74) is 4.31. The van der Waals surface area contributed by atoms with Crippen LogP contribution in [0.5, 0.6) is 11.5 Å². The Kier molecular flexibility index (Phi) is 46.6. The highest BCUT2D eigenvalue weighted by Gasteiger charge is 2.56. The van der Waals surface area contributed by atoms with Crippen molar-refractivity contribution >= 4 is 89.4 Å². The molecule has 7 heterocycles. The molecule has 144 heavy (non-hydrogen) atoms. The van der Waals surface area contributed by atoms with Gasteiger partial charge in [-0.2, -0.15) is 0 Å². The van der Waals surface area contributed by atoms with Crippen molar-refractivity contribution in [2.45, 2.75) is 185 Å². The van der Waals surface area contributed by atoms with Crippen molar-refractivity contribution in [3.05, 3.63) is 311 Å². The van der Waals surface area contributed by atoms with Crippen LogP contribution in [-0.2, 0) is 100.0 Å². The van der Waals surface area contributed by atoms with Crippen molar-refractivity contribution in [2.24, 2.45) is 33.5 Å². The summed E-state index contributed by atoms with van der Waals surface area (Å²) in [5.74, 6) is -3.15. The average Bonchev–Trinajstić information content (AvgIpc) is 0.757. The summed E-state index contributed by atoms with van der Waals surface area (Å²) in [6, 6.07) is 72.0. The summed E-state index contributed by atoms with van der Waals surface area (Å²) in [5, 5.41) is 39.6. The first-order valence-electron chi connectivity index (χ1n) is 48.7. The van der Waals surface area contributed by atoms with Crippen molar-refractivity contribution in [1.29, 1.82) is 0 Å². The molecule has 0 aromatic heterocycles. The van der Waals surface area contributed by atoms with E-state index in [1.807, 2.05) is 287 Å². The molecule has 0 spiro atoms. The smallest absolute Gasteiger partial charge is 0.322 e. The number of benzene rings is 8. The van der Waals surface area contributed by atoms with E-state index >= 15 is 0 Å². The summed E-state index contributed by atoms with van der Waals surface area (Å²) in [6.45, 7) is 12.9. The van der Waals surface area contributed by atoms with Crippen LogP contribution in [0.15, 0.2) is 261 Å². The number of ketones is 4. The molecule has 8 aromatic rings. The molecule has 27 heteroatoms. The summed E-state index contributed by atoms with van der Waals surface area (Å²) in [7, 11) is 9.61. The molecule has 27 nitrogen and oxygen atoms in total. The first-order valence-corrected chi connectivity index (χ1v) is 48.7. The molecule has 7 aliphatic rings. The number of aliphatic hydroxyl groups is 4. The minimum atomic E-state index is -1.36. The molecule has 0 amide bonds. The summed E-state index contributed by atoms with van der Waals surface area (Å²) in [4.78, 5) is 109. The maximum Gasteiger partial charge on any atom is 0.322 e. The molecule has 0 unspecified atom stereocenters. The fourth-order valence-electron chi connectivity index (χ4n) is 17.4. The van der Waals surface area contributed by atoms with E-state index in [1.54, 1.807) is 59.3 Å². The van der Waals surface area contributed by atoms with Gasteiger partial charge in [-0.25, -0.2) is 0 Å². The summed E-state index contributed by atoms with van der Waals surface area (Å²) < 4.78 is 75.1. The highest BCUT2D eigenvalue weighted by atomic mass is 16.6. The van der Waals surface area contributed by atoms with Gasteiger partial charge in [0.25, 0.3) is 0 Å². The normalized spacial score (nSPS) is 26.8. The Hall–Kier alpha value is -12.6. The zero-order chi connectivity index (χ0) is 104. The highest BCUT2D eigenvalue weighted by Crippen LogP contribution is 2.45. The quantitative estimate of drug-likeness (QED) is 0.0234. The van der Waals surface area contributed by atoms with E-state index in [0.29, 0.717) is 81.4 Å². The van der Waals surface area contributed by atoms with E-state index in [9.17, 15) is 63.6 Å². The van der Waals surface area contributed by atoms with Gasteiger partial charge in [-0.1, -0.05) is 312 Å². The molecular formula is C117H140O27. The molecule has 0 radical (unpaired) electrons. The number of methoxy groups -OCH3 is 7. The van der Waals surface area contributed by atoms with Gasteiger partial charge in [0, 0.05) is 62.9 Å². The number of ether oxygens (including phenoxy) is 14. The first-order chi connectivity index (χ1) is 69.4. The topological polar surface area (TPSA) is 364 Å². The molecular weight excluding hydrogens is 1840 g/mol. The van der Waals surface area contributed by atoms with Crippen molar-refractivity contribution in [1.82, 2.24) is 0 Å². The maximum atomic E-state index is 12.9. The molecule has 18 atom stereocenters. The van der Waals surface area contributed by atoms with Crippen LogP contribution in [-0.4, -0.2) is 224 Å². The van der Waals surface area contributed by atoms with E-state index < -0.39 is 112 Å². The van der Waals surface area contributed by atoms with E-state index in [1.165, 1.54) is 35.5 Å². The fraction of sp³-hybridized carbons (Fsp3) is 0.410. The van der Waals surface area contributed by atoms with Crippen LogP contribution in [0.1, 0.15) is 168 Å². The Bertz CT molecular complexity index is 5510. The predicted molar refractivity (Wildman–Crippen MR) is 549 cm³/mol. The van der Waals surface area contributed by atoms with Crippen LogP contribution < -0.4 is 9.47 Å². The van der Waals surface area contributed by atoms with Gasteiger partial charge in [0.15, 0.2) is 28.2 Å². The minimum Gasteiger partial charge on any atom is -0.496 e. The second-order valence-corrected chi connectivity index (χ2v) is 36.4. The maximum absolute atomic E-state index is 12.9. The Morgan fingerprint density at radius 3 is 1.27 bits per heavy atom. The Balaban J connectivity index is 0.000000188. The molecule has 0 saturated carbocycles. The molecule has 0 aliphatic carbocycles. The molecule has 7 fully saturated rings. The van der Waals surface area contributed by atoms with Gasteiger partial charge in [-0.15, -0.1) is 0 Å². The van der Waals surface area contributed by atoms with Gasteiger partial charge >= 0.3 is 29.8 Å². The summed E-state index contributed by atoms with van der Waals surface area (Å²) in [6.07, 6.45) is 22.8. The van der Waals surface area contributed by atoms with Gasteiger partial charge in [0.05, 0.1) is 137 Å². The number of Topliss-reactive ketones (excluding diaryl/α,β-unsaturated/α-hetero) is 4. The third kappa shape index (κ3) is 31.9. The molecule has 7 aliphatic heterocycles. The van der Waals surface area contributed by atoms with Gasteiger partial charge in [-0.05, 0) is 110 Å². The number of carbonyl (C=O) groups excluding carboxylic acids is 9.